The van der Waals surface area contributed by atoms with Gasteiger partial charge in [0.15, 0.2) is 0 Å². The van der Waals surface area contributed by atoms with E-state index in [1.54, 1.807) is 12.1 Å². The molecule has 0 radical (unpaired) electrons. The molecule has 4 heteroatoms. The molecule has 1 saturated carbocycles. The van der Waals surface area contributed by atoms with Crippen LogP contribution in [0.2, 0.25) is 0 Å². The fourth-order valence-corrected chi connectivity index (χ4v) is 1.86. The van der Waals surface area contributed by atoms with Gasteiger partial charge >= 0.3 is 0 Å². The Morgan fingerprint density at radius 1 is 1.44 bits per heavy atom. The number of non-ortho nitro benzene ring substituents is 1. The Hall–Kier alpha value is -1.42. The fourth-order valence-electron chi connectivity index (χ4n) is 1.86. The van der Waals surface area contributed by atoms with Crippen LogP contribution in [0, 0.1) is 10.1 Å². The van der Waals surface area contributed by atoms with Crippen LogP contribution in [-0.2, 0) is 6.42 Å². The highest BCUT2D eigenvalue weighted by molar-refractivity contribution is 5.34. The van der Waals surface area contributed by atoms with Crippen LogP contribution in [0.25, 0.3) is 0 Å². The lowest BCUT2D eigenvalue weighted by Gasteiger charge is -2.26. The van der Waals surface area contributed by atoms with Gasteiger partial charge in [-0.25, -0.2) is 0 Å². The minimum atomic E-state index is -0.344. The normalized spacial score (nSPS) is 15.8. The second-order valence-corrected chi connectivity index (χ2v) is 4.26. The molecule has 0 aromatic heterocycles. The molecule has 1 aromatic rings. The van der Waals surface area contributed by atoms with Gasteiger partial charge < -0.3 is 5.32 Å². The van der Waals surface area contributed by atoms with Crippen molar-refractivity contribution in [3.63, 3.8) is 0 Å². The molecule has 1 aliphatic rings. The second-order valence-electron chi connectivity index (χ2n) is 4.26. The fraction of sp³-hybridized carbons (Fsp3) is 0.500. The first-order valence-corrected chi connectivity index (χ1v) is 5.72. The van der Waals surface area contributed by atoms with E-state index >= 15 is 0 Å². The number of nitro groups is 1. The first-order chi connectivity index (χ1) is 7.75. The lowest BCUT2D eigenvalue weighted by molar-refractivity contribution is -0.384. The van der Waals surface area contributed by atoms with Gasteiger partial charge in [-0.05, 0) is 31.4 Å². The van der Waals surface area contributed by atoms with E-state index in [1.807, 2.05) is 6.07 Å². The van der Waals surface area contributed by atoms with Crippen molar-refractivity contribution in [2.75, 3.05) is 6.54 Å². The van der Waals surface area contributed by atoms with Crippen molar-refractivity contribution in [1.29, 1.82) is 0 Å². The predicted octanol–water partition coefficient (Wildman–Crippen LogP) is 2.28. The zero-order valence-electron chi connectivity index (χ0n) is 9.19. The Kier molecular flexibility index (Phi) is 3.51. The Balaban J connectivity index is 1.83. The molecule has 1 aromatic carbocycles. The molecule has 16 heavy (non-hydrogen) atoms. The van der Waals surface area contributed by atoms with Crippen LogP contribution >= 0.6 is 0 Å². The molecule has 0 amide bonds. The zero-order valence-corrected chi connectivity index (χ0v) is 9.19. The summed E-state index contributed by atoms with van der Waals surface area (Å²) in [5.74, 6) is 0. The summed E-state index contributed by atoms with van der Waals surface area (Å²) in [5, 5.41) is 14.0. The van der Waals surface area contributed by atoms with Crippen LogP contribution in [-0.4, -0.2) is 17.5 Å². The molecule has 1 aliphatic carbocycles. The summed E-state index contributed by atoms with van der Waals surface area (Å²) in [6, 6.07) is 7.55. The molecule has 2 rings (SSSR count). The third-order valence-corrected chi connectivity index (χ3v) is 3.07. The number of nitrogens with zero attached hydrogens (tertiary/aromatic N) is 1. The van der Waals surface area contributed by atoms with Crippen molar-refractivity contribution < 1.29 is 4.92 Å². The molecule has 0 unspecified atom stereocenters. The average Bonchev–Trinajstić information content (AvgIpc) is 2.22. The van der Waals surface area contributed by atoms with Crippen molar-refractivity contribution in [1.82, 2.24) is 5.32 Å². The van der Waals surface area contributed by atoms with Gasteiger partial charge in [-0.2, -0.15) is 0 Å². The quantitative estimate of drug-likeness (QED) is 0.611. The topological polar surface area (TPSA) is 55.2 Å². The first-order valence-electron chi connectivity index (χ1n) is 5.72. The van der Waals surface area contributed by atoms with E-state index in [9.17, 15) is 10.1 Å². The van der Waals surface area contributed by atoms with Gasteiger partial charge in [-0.3, -0.25) is 10.1 Å². The van der Waals surface area contributed by atoms with E-state index in [-0.39, 0.29) is 10.6 Å². The third kappa shape index (κ3) is 2.79. The summed E-state index contributed by atoms with van der Waals surface area (Å²) >= 11 is 0. The number of hydrogen-bond donors (Lipinski definition) is 1. The summed E-state index contributed by atoms with van der Waals surface area (Å²) in [4.78, 5) is 10.2. The maximum Gasteiger partial charge on any atom is 0.269 e. The average molecular weight is 220 g/mol. The van der Waals surface area contributed by atoms with Gasteiger partial charge in [0.1, 0.15) is 0 Å². The standard InChI is InChI=1S/C12H16N2O2/c15-14(16)12-6-1-3-10(9-12)7-8-13-11-4-2-5-11/h1,3,6,9,11,13H,2,4-5,7-8H2. The Bertz CT molecular complexity index is 375. The summed E-state index contributed by atoms with van der Waals surface area (Å²) < 4.78 is 0. The van der Waals surface area contributed by atoms with Gasteiger partial charge in [0, 0.05) is 18.2 Å². The summed E-state index contributed by atoms with van der Waals surface area (Å²) in [7, 11) is 0. The summed E-state index contributed by atoms with van der Waals surface area (Å²) in [6.07, 6.45) is 4.73. The van der Waals surface area contributed by atoms with Crippen LogP contribution in [0.4, 0.5) is 5.69 Å². The van der Waals surface area contributed by atoms with Gasteiger partial charge in [0.05, 0.1) is 4.92 Å². The molecule has 1 N–H and O–H groups in total. The predicted molar refractivity (Wildman–Crippen MR) is 62.4 cm³/mol. The lowest BCUT2D eigenvalue weighted by atomic mass is 9.93. The highest BCUT2D eigenvalue weighted by Crippen LogP contribution is 2.18. The van der Waals surface area contributed by atoms with Crippen molar-refractivity contribution in [3.8, 4) is 0 Å². The smallest absolute Gasteiger partial charge is 0.269 e. The molecule has 0 spiro atoms. The Morgan fingerprint density at radius 2 is 2.25 bits per heavy atom. The number of nitro benzene ring substituents is 1. The van der Waals surface area contributed by atoms with Crippen LogP contribution in [0.1, 0.15) is 24.8 Å². The highest BCUT2D eigenvalue weighted by Gasteiger charge is 2.15. The van der Waals surface area contributed by atoms with Crippen molar-refractivity contribution in [2.24, 2.45) is 0 Å². The van der Waals surface area contributed by atoms with E-state index in [2.05, 4.69) is 5.32 Å². The summed E-state index contributed by atoms with van der Waals surface area (Å²) in [6.45, 7) is 0.909. The minimum absolute atomic E-state index is 0.182. The monoisotopic (exact) mass is 220 g/mol. The summed E-state index contributed by atoms with van der Waals surface area (Å²) in [5.41, 5.74) is 1.21. The molecule has 0 atom stereocenters. The van der Waals surface area contributed by atoms with Gasteiger partial charge in [0.25, 0.3) is 5.69 Å². The number of nitrogens with one attached hydrogen (secondary N) is 1. The molecular weight excluding hydrogens is 204 g/mol. The van der Waals surface area contributed by atoms with Crippen molar-refractivity contribution in [3.05, 3.63) is 39.9 Å². The molecule has 0 bridgehead atoms. The molecule has 0 heterocycles. The minimum Gasteiger partial charge on any atom is -0.314 e. The number of benzene rings is 1. The second kappa shape index (κ2) is 5.07. The van der Waals surface area contributed by atoms with Crippen molar-refractivity contribution in [2.45, 2.75) is 31.7 Å². The zero-order chi connectivity index (χ0) is 11.4. The van der Waals surface area contributed by atoms with Crippen LogP contribution in [0.3, 0.4) is 0 Å². The molecule has 0 saturated heterocycles. The van der Waals surface area contributed by atoms with Gasteiger partial charge in [0.2, 0.25) is 0 Å². The SMILES string of the molecule is O=[N+]([O-])c1cccc(CCNC2CCC2)c1. The molecule has 1 fully saturated rings. The highest BCUT2D eigenvalue weighted by atomic mass is 16.6. The van der Waals surface area contributed by atoms with E-state index in [0.717, 1.165) is 18.5 Å². The van der Waals surface area contributed by atoms with E-state index in [0.29, 0.717) is 6.04 Å². The Labute approximate surface area is 94.8 Å². The van der Waals surface area contributed by atoms with Crippen LogP contribution in [0.5, 0.6) is 0 Å². The maximum atomic E-state index is 10.6. The molecule has 4 nitrogen and oxygen atoms in total. The lowest BCUT2D eigenvalue weighted by Crippen LogP contribution is -2.36. The Morgan fingerprint density at radius 3 is 2.88 bits per heavy atom. The van der Waals surface area contributed by atoms with Gasteiger partial charge in [-0.1, -0.05) is 18.6 Å². The molecule has 86 valence electrons. The molecule has 0 aliphatic heterocycles. The number of rotatable bonds is 5. The maximum absolute atomic E-state index is 10.6. The van der Waals surface area contributed by atoms with E-state index in [4.69, 9.17) is 0 Å². The number of hydrogen-bond acceptors (Lipinski definition) is 3. The first kappa shape index (κ1) is 11.1. The van der Waals surface area contributed by atoms with Crippen LogP contribution < -0.4 is 5.32 Å². The van der Waals surface area contributed by atoms with Crippen molar-refractivity contribution >= 4 is 5.69 Å². The largest absolute Gasteiger partial charge is 0.314 e. The van der Waals surface area contributed by atoms with Crippen LogP contribution in [0.15, 0.2) is 24.3 Å². The van der Waals surface area contributed by atoms with E-state index in [1.165, 1.54) is 25.3 Å². The third-order valence-electron chi connectivity index (χ3n) is 3.07. The molecular formula is C12H16N2O2. The van der Waals surface area contributed by atoms with Gasteiger partial charge in [-0.15, -0.1) is 0 Å². The van der Waals surface area contributed by atoms with E-state index < -0.39 is 0 Å².